The van der Waals surface area contributed by atoms with Crippen molar-refractivity contribution in [1.29, 1.82) is 0 Å². The van der Waals surface area contributed by atoms with Gasteiger partial charge in [-0.15, -0.1) is 0 Å². The van der Waals surface area contributed by atoms with Gasteiger partial charge in [-0.3, -0.25) is 0 Å². The summed E-state index contributed by atoms with van der Waals surface area (Å²) in [5, 5.41) is 9.73. The highest BCUT2D eigenvalue weighted by Crippen LogP contribution is 2.33. The van der Waals surface area contributed by atoms with Crippen LogP contribution in [0.2, 0.25) is 5.15 Å². The van der Waals surface area contributed by atoms with E-state index in [1.54, 1.807) is 0 Å². The number of pyridine rings is 1. The summed E-state index contributed by atoms with van der Waals surface area (Å²) in [5.74, 6) is -0.981. The molecule has 15 heavy (non-hydrogen) atoms. The fourth-order valence-corrected chi connectivity index (χ4v) is 2.14. The minimum atomic E-state index is -0.981. The van der Waals surface area contributed by atoms with Crippen LogP contribution >= 0.6 is 23.4 Å². The first-order chi connectivity index (χ1) is 6.79. The third-order valence-electron chi connectivity index (χ3n) is 1.46. The van der Waals surface area contributed by atoms with Gasteiger partial charge in [-0.25, -0.2) is 9.78 Å². The molecule has 0 fully saturated rings. The Kier molecular flexibility index (Phi) is 3.62. The lowest BCUT2D eigenvalue weighted by Crippen LogP contribution is -2.10. The summed E-state index contributed by atoms with van der Waals surface area (Å²) in [6, 6.07) is 2.96. The van der Waals surface area contributed by atoms with Crippen molar-refractivity contribution < 1.29 is 9.90 Å². The smallest absolute Gasteiger partial charge is 0.338 e. The Labute approximate surface area is 97.9 Å². The number of thioether (sulfide) groups is 1. The van der Waals surface area contributed by atoms with Crippen LogP contribution in [0.3, 0.4) is 0 Å². The molecular weight excluding hydrogens is 234 g/mol. The minimum Gasteiger partial charge on any atom is -0.478 e. The molecule has 0 spiro atoms. The zero-order valence-electron chi connectivity index (χ0n) is 8.74. The lowest BCUT2D eigenvalue weighted by atomic mass is 10.3. The van der Waals surface area contributed by atoms with Crippen molar-refractivity contribution in [2.45, 2.75) is 30.5 Å². The minimum absolute atomic E-state index is 0.0954. The van der Waals surface area contributed by atoms with Crippen LogP contribution in [0.1, 0.15) is 31.1 Å². The quantitative estimate of drug-likeness (QED) is 0.642. The molecule has 0 aliphatic carbocycles. The number of nitrogens with zero attached hydrogens (tertiary/aromatic N) is 1. The molecule has 1 aromatic rings. The summed E-state index contributed by atoms with van der Waals surface area (Å²) < 4.78 is -0.0954. The summed E-state index contributed by atoms with van der Waals surface area (Å²) in [7, 11) is 0. The number of carbonyl (C=O) groups is 1. The fourth-order valence-electron chi connectivity index (χ4n) is 0.948. The Balaban J connectivity index is 3.13. The Bertz CT molecular complexity index is 387. The van der Waals surface area contributed by atoms with Gasteiger partial charge in [-0.2, -0.15) is 0 Å². The zero-order valence-corrected chi connectivity index (χ0v) is 10.3. The summed E-state index contributed by atoms with van der Waals surface area (Å²) in [6.45, 7) is 5.98. The molecule has 1 aromatic heterocycles. The van der Waals surface area contributed by atoms with Crippen molar-refractivity contribution in [3.8, 4) is 0 Å². The second kappa shape index (κ2) is 4.41. The van der Waals surface area contributed by atoms with Crippen LogP contribution in [0.15, 0.2) is 17.2 Å². The first kappa shape index (κ1) is 12.3. The lowest BCUT2D eigenvalue weighted by Gasteiger charge is -2.17. The van der Waals surface area contributed by atoms with Gasteiger partial charge in [0.25, 0.3) is 0 Å². The van der Waals surface area contributed by atoms with E-state index >= 15 is 0 Å². The largest absolute Gasteiger partial charge is 0.478 e. The number of aromatic carboxylic acids is 1. The molecule has 0 aliphatic rings. The first-order valence-corrected chi connectivity index (χ1v) is 5.58. The van der Waals surface area contributed by atoms with Crippen LogP contribution < -0.4 is 0 Å². The molecule has 0 unspecified atom stereocenters. The standard InChI is InChI=1S/C10H12ClNO2S/c1-10(2,3)15-8-6(9(13)14)4-5-7(11)12-8/h4-5H,1-3H3,(H,13,14). The molecule has 0 radical (unpaired) electrons. The van der Waals surface area contributed by atoms with Gasteiger partial charge >= 0.3 is 5.97 Å². The summed E-state index contributed by atoms with van der Waals surface area (Å²) in [6.07, 6.45) is 0. The van der Waals surface area contributed by atoms with Gasteiger partial charge in [-0.05, 0) is 12.1 Å². The van der Waals surface area contributed by atoms with Gasteiger partial charge in [0.2, 0.25) is 0 Å². The molecule has 0 saturated heterocycles. The molecular formula is C10H12ClNO2S. The molecule has 0 aliphatic heterocycles. The third kappa shape index (κ3) is 3.72. The fraction of sp³-hybridized carbons (Fsp3) is 0.400. The van der Waals surface area contributed by atoms with Crippen molar-refractivity contribution in [2.24, 2.45) is 0 Å². The molecule has 0 saturated carbocycles. The number of aromatic nitrogens is 1. The van der Waals surface area contributed by atoms with Crippen LogP contribution in [0.5, 0.6) is 0 Å². The molecule has 1 N–H and O–H groups in total. The second-order valence-corrected chi connectivity index (χ2v) is 6.21. The second-order valence-electron chi connectivity index (χ2n) is 4.01. The van der Waals surface area contributed by atoms with E-state index in [2.05, 4.69) is 4.98 Å². The van der Waals surface area contributed by atoms with Crippen molar-refractivity contribution in [2.75, 3.05) is 0 Å². The highest BCUT2D eigenvalue weighted by atomic mass is 35.5. The maximum absolute atomic E-state index is 10.9. The predicted octanol–water partition coefficient (Wildman–Crippen LogP) is 3.32. The van der Waals surface area contributed by atoms with E-state index in [1.165, 1.54) is 23.9 Å². The summed E-state index contributed by atoms with van der Waals surface area (Å²) >= 11 is 7.13. The van der Waals surface area contributed by atoms with E-state index in [0.29, 0.717) is 10.2 Å². The van der Waals surface area contributed by atoms with Crippen LogP contribution in [0.4, 0.5) is 0 Å². The van der Waals surface area contributed by atoms with Crippen LogP contribution in [0, 0.1) is 0 Å². The molecule has 0 atom stereocenters. The number of rotatable bonds is 2. The van der Waals surface area contributed by atoms with E-state index in [4.69, 9.17) is 16.7 Å². The predicted molar refractivity (Wildman–Crippen MR) is 61.8 cm³/mol. The van der Waals surface area contributed by atoms with Gasteiger partial charge in [0.15, 0.2) is 0 Å². The molecule has 0 bridgehead atoms. The van der Waals surface area contributed by atoms with Crippen molar-refractivity contribution >= 4 is 29.3 Å². The Morgan fingerprint density at radius 3 is 2.53 bits per heavy atom. The summed E-state index contributed by atoms with van der Waals surface area (Å²) in [5.41, 5.74) is 0.194. The molecule has 0 amide bonds. The van der Waals surface area contributed by atoms with E-state index in [1.807, 2.05) is 20.8 Å². The Morgan fingerprint density at radius 2 is 2.07 bits per heavy atom. The average Bonchev–Trinajstić information content (AvgIpc) is 1.99. The maximum Gasteiger partial charge on any atom is 0.338 e. The highest BCUT2D eigenvalue weighted by molar-refractivity contribution is 8.00. The molecule has 5 heteroatoms. The van der Waals surface area contributed by atoms with E-state index in [-0.39, 0.29) is 10.3 Å². The highest BCUT2D eigenvalue weighted by Gasteiger charge is 2.19. The van der Waals surface area contributed by atoms with E-state index in [0.717, 1.165) is 0 Å². The summed E-state index contributed by atoms with van der Waals surface area (Å²) in [4.78, 5) is 14.9. The zero-order chi connectivity index (χ0) is 11.6. The van der Waals surface area contributed by atoms with E-state index in [9.17, 15) is 4.79 Å². The van der Waals surface area contributed by atoms with Crippen molar-refractivity contribution in [1.82, 2.24) is 4.98 Å². The normalized spacial score (nSPS) is 11.5. The van der Waals surface area contributed by atoms with Crippen molar-refractivity contribution in [3.05, 3.63) is 22.8 Å². The number of carboxylic acids is 1. The molecule has 3 nitrogen and oxygen atoms in total. The molecule has 1 rings (SSSR count). The van der Waals surface area contributed by atoms with Crippen LogP contribution in [-0.4, -0.2) is 20.8 Å². The monoisotopic (exact) mass is 245 g/mol. The van der Waals surface area contributed by atoms with Crippen LogP contribution in [-0.2, 0) is 0 Å². The Hall–Kier alpha value is -0.740. The molecule has 0 aromatic carbocycles. The number of carboxylic acid groups (broad SMARTS) is 1. The average molecular weight is 246 g/mol. The Morgan fingerprint density at radius 1 is 1.47 bits per heavy atom. The van der Waals surface area contributed by atoms with Crippen molar-refractivity contribution in [3.63, 3.8) is 0 Å². The van der Waals surface area contributed by atoms with Crippen LogP contribution in [0.25, 0.3) is 0 Å². The SMILES string of the molecule is CC(C)(C)Sc1nc(Cl)ccc1C(=O)O. The number of halogens is 1. The maximum atomic E-state index is 10.9. The van der Waals surface area contributed by atoms with Gasteiger partial charge in [0, 0.05) is 4.75 Å². The lowest BCUT2D eigenvalue weighted by molar-refractivity contribution is 0.0692. The van der Waals surface area contributed by atoms with Gasteiger partial charge < -0.3 is 5.11 Å². The number of hydrogen-bond acceptors (Lipinski definition) is 3. The third-order valence-corrected chi connectivity index (χ3v) is 2.79. The van der Waals surface area contributed by atoms with E-state index < -0.39 is 5.97 Å². The topological polar surface area (TPSA) is 50.2 Å². The van der Waals surface area contributed by atoms with Gasteiger partial charge in [-0.1, -0.05) is 44.1 Å². The van der Waals surface area contributed by atoms with Gasteiger partial charge in [0.05, 0.1) is 5.56 Å². The first-order valence-electron chi connectivity index (χ1n) is 4.38. The molecule has 1 heterocycles. The number of hydrogen-bond donors (Lipinski definition) is 1. The molecule has 82 valence electrons. The van der Waals surface area contributed by atoms with Gasteiger partial charge in [0.1, 0.15) is 10.2 Å².